The average molecular weight is 442 g/mol. The third-order valence-electron chi connectivity index (χ3n) is 5.60. The molecule has 2 N–H and O–H groups in total. The molecule has 0 aliphatic rings. The smallest absolute Gasteiger partial charge is 0.123 e. The number of phenolic OH excluding ortho intramolecular Hbond substituents is 1. The SMILES string of the molecule is CC(C)(C)c1cc(CCCCCC(=S)N(O)Cc2ccccc2)cc(C(C)(C)C)c1O. The van der Waals surface area contributed by atoms with Crippen molar-refractivity contribution in [3.8, 4) is 5.75 Å². The molecule has 2 aromatic rings. The monoisotopic (exact) mass is 441 g/mol. The summed E-state index contributed by atoms with van der Waals surface area (Å²) in [4.78, 5) is 0.596. The molecule has 0 spiro atoms. The predicted molar refractivity (Wildman–Crippen MR) is 134 cm³/mol. The van der Waals surface area contributed by atoms with E-state index in [0.29, 0.717) is 23.7 Å². The number of unbranched alkanes of at least 4 members (excludes halogenated alkanes) is 2. The first-order chi connectivity index (χ1) is 14.4. The van der Waals surface area contributed by atoms with Gasteiger partial charge in [-0.05, 0) is 52.3 Å². The molecular formula is C27H39NO2S. The molecule has 0 radical (unpaired) electrons. The van der Waals surface area contributed by atoms with Crippen molar-refractivity contribution in [2.45, 2.75) is 91.0 Å². The van der Waals surface area contributed by atoms with Gasteiger partial charge in [0.2, 0.25) is 0 Å². The second-order valence-electron chi connectivity index (χ2n) is 10.5. The minimum Gasteiger partial charge on any atom is -0.507 e. The van der Waals surface area contributed by atoms with Crippen LogP contribution in [0, 0.1) is 0 Å². The molecule has 0 amide bonds. The molecule has 0 saturated heterocycles. The van der Waals surface area contributed by atoms with Crippen LogP contribution in [-0.2, 0) is 23.8 Å². The molecule has 0 unspecified atom stereocenters. The molecule has 0 heterocycles. The highest BCUT2D eigenvalue weighted by atomic mass is 32.1. The van der Waals surface area contributed by atoms with Crippen molar-refractivity contribution in [3.63, 3.8) is 0 Å². The van der Waals surface area contributed by atoms with Gasteiger partial charge in [-0.15, -0.1) is 0 Å². The van der Waals surface area contributed by atoms with Crippen LogP contribution < -0.4 is 0 Å². The van der Waals surface area contributed by atoms with Crippen LogP contribution in [0.3, 0.4) is 0 Å². The summed E-state index contributed by atoms with van der Waals surface area (Å²) in [7, 11) is 0. The van der Waals surface area contributed by atoms with E-state index >= 15 is 0 Å². The standard InChI is InChI=1S/C27H39NO2S/c1-26(2,3)22-17-21(18-23(25(22)29)27(4,5)6)15-11-8-12-16-24(31)28(30)19-20-13-9-7-10-14-20/h7,9-10,13-14,17-18,29-30H,8,11-12,15-16,19H2,1-6H3. The van der Waals surface area contributed by atoms with Crippen molar-refractivity contribution < 1.29 is 10.3 Å². The largest absolute Gasteiger partial charge is 0.507 e. The number of hydroxylamine groups is 2. The van der Waals surface area contributed by atoms with Crippen molar-refractivity contribution in [2.24, 2.45) is 0 Å². The van der Waals surface area contributed by atoms with Gasteiger partial charge >= 0.3 is 0 Å². The molecule has 2 rings (SSSR count). The van der Waals surface area contributed by atoms with E-state index in [1.165, 1.54) is 10.6 Å². The Hall–Kier alpha value is -1.91. The van der Waals surface area contributed by atoms with Crippen LogP contribution in [0.15, 0.2) is 42.5 Å². The van der Waals surface area contributed by atoms with E-state index in [0.717, 1.165) is 42.4 Å². The summed E-state index contributed by atoms with van der Waals surface area (Å²) in [5.41, 5.74) is 4.17. The van der Waals surface area contributed by atoms with Crippen LogP contribution in [0.2, 0.25) is 0 Å². The summed E-state index contributed by atoms with van der Waals surface area (Å²) in [6.07, 6.45) is 4.77. The van der Waals surface area contributed by atoms with Gasteiger partial charge < -0.3 is 5.11 Å². The highest BCUT2D eigenvalue weighted by Crippen LogP contribution is 2.40. The lowest BCUT2D eigenvalue weighted by atomic mass is 9.78. The van der Waals surface area contributed by atoms with Crippen molar-refractivity contribution in [2.75, 3.05) is 0 Å². The molecule has 0 aromatic heterocycles. The van der Waals surface area contributed by atoms with Crippen molar-refractivity contribution in [1.82, 2.24) is 5.06 Å². The van der Waals surface area contributed by atoms with Gasteiger partial charge in [0.15, 0.2) is 0 Å². The van der Waals surface area contributed by atoms with E-state index in [9.17, 15) is 10.3 Å². The molecule has 0 aliphatic carbocycles. The summed E-state index contributed by atoms with van der Waals surface area (Å²) in [5, 5.41) is 22.3. The van der Waals surface area contributed by atoms with Gasteiger partial charge in [-0.1, -0.05) is 103 Å². The second kappa shape index (κ2) is 10.6. The van der Waals surface area contributed by atoms with Crippen molar-refractivity contribution in [3.05, 3.63) is 64.7 Å². The zero-order chi connectivity index (χ0) is 23.2. The zero-order valence-electron chi connectivity index (χ0n) is 20.0. The number of benzene rings is 2. The first kappa shape index (κ1) is 25.4. The zero-order valence-corrected chi connectivity index (χ0v) is 20.9. The molecule has 0 bridgehead atoms. The molecule has 3 nitrogen and oxygen atoms in total. The summed E-state index contributed by atoms with van der Waals surface area (Å²) >= 11 is 5.40. The molecule has 170 valence electrons. The fourth-order valence-corrected chi connectivity index (χ4v) is 3.95. The predicted octanol–water partition coefficient (Wildman–Crippen LogP) is 7.31. The van der Waals surface area contributed by atoms with E-state index in [4.69, 9.17) is 12.2 Å². The molecule has 4 heteroatoms. The van der Waals surface area contributed by atoms with Crippen molar-refractivity contribution in [1.29, 1.82) is 0 Å². The maximum Gasteiger partial charge on any atom is 0.123 e. The fraction of sp³-hybridized carbons (Fsp3) is 0.519. The molecule has 0 aliphatic heterocycles. The Kier molecular flexibility index (Phi) is 8.67. The molecule has 2 aromatic carbocycles. The molecular weight excluding hydrogens is 402 g/mol. The second-order valence-corrected chi connectivity index (χ2v) is 11.0. The van der Waals surface area contributed by atoms with Crippen LogP contribution >= 0.6 is 12.2 Å². The first-order valence-electron chi connectivity index (χ1n) is 11.3. The highest BCUT2D eigenvalue weighted by molar-refractivity contribution is 7.80. The van der Waals surface area contributed by atoms with E-state index in [1.807, 2.05) is 30.3 Å². The van der Waals surface area contributed by atoms with E-state index < -0.39 is 0 Å². The lowest BCUT2D eigenvalue weighted by molar-refractivity contribution is -0.0221. The van der Waals surface area contributed by atoms with Gasteiger partial charge in [-0.25, -0.2) is 5.06 Å². The molecule has 0 atom stereocenters. The van der Waals surface area contributed by atoms with Gasteiger partial charge in [0.1, 0.15) is 10.7 Å². The Morgan fingerprint density at radius 2 is 1.39 bits per heavy atom. The van der Waals surface area contributed by atoms with Crippen molar-refractivity contribution >= 4 is 17.2 Å². The van der Waals surface area contributed by atoms with E-state index in [1.54, 1.807) is 0 Å². The number of hydrogen-bond donors (Lipinski definition) is 2. The van der Waals surface area contributed by atoms with Crippen LogP contribution in [0.1, 0.15) is 89.5 Å². The quantitative estimate of drug-likeness (QED) is 0.256. The lowest BCUT2D eigenvalue weighted by Crippen LogP contribution is -2.25. The van der Waals surface area contributed by atoms with Crippen LogP contribution in [0.4, 0.5) is 0 Å². The fourth-order valence-electron chi connectivity index (χ4n) is 3.74. The maximum absolute atomic E-state index is 10.9. The van der Waals surface area contributed by atoms with Gasteiger partial charge in [-0.2, -0.15) is 0 Å². The normalized spacial score (nSPS) is 12.1. The number of hydrogen-bond acceptors (Lipinski definition) is 3. The summed E-state index contributed by atoms with van der Waals surface area (Å²) in [6, 6.07) is 14.2. The van der Waals surface area contributed by atoms with Crippen LogP contribution in [0.5, 0.6) is 5.75 Å². The first-order valence-corrected chi connectivity index (χ1v) is 11.7. The number of thiocarbonyl (C=S) groups is 1. The lowest BCUT2D eigenvalue weighted by Gasteiger charge is -2.28. The summed E-state index contributed by atoms with van der Waals surface area (Å²) in [5.74, 6) is 0.440. The molecule has 0 fully saturated rings. The Balaban J connectivity index is 1.90. The molecule has 0 saturated carbocycles. The van der Waals surface area contributed by atoms with E-state index in [2.05, 4.69) is 53.7 Å². The topological polar surface area (TPSA) is 43.7 Å². The van der Waals surface area contributed by atoms with Crippen LogP contribution in [0.25, 0.3) is 0 Å². The highest BCUT2D eigenvalue weighted by Gasteiger charge is 2.26. The maximum atomic E-state index is 10.9. The number of aromatic hydroxyl groups is 1. The Morgan fingerprint density at radius 3 is 1.90 bits per heavy atom. The van der Waals surface area contributed by atoms with Gasteiger partial charge in [0.25, 0.3) is 0 Å². The number of rotatable bonds is 8. The minimum absolute atomic E-state index is 0.102. The average Bonchev–Trinajstić information content (AvgIpc) is 2.67. The number of nitrogens with zero attached hydrogens (tertiary/aromatic N) is 1. The Bertz CT molecular complexity index is 828. The number of phenols is 1. The third kappa shape index (κ3) is 7.62. The number of aryl methyl sites for hydroxylation is 1. The van der Waals surface area contributed by atoms with E-state index in [-0.39, 0.29) is 10.8 Å². The molecule has 31 heavy (non-hydrogen) atoms. The Labute approximate surface area is 194 Å². The Morgan fingerprint density at radius 1 is 0.839 bits per heavy atom. The van der Waals surface area contributed by atoms with Gasteiger partial charge in [-0.3, -0.25) is 5.21 Å². The summed E-state index contributed by atoms with van der Waals surface area (Å²) < 4.78 is 0. The van der Waals surface area contributed by atoms with Gasteiger partial charge in [0.05, 0.1) is 6.54 Å². The van der Waals surface area contributed by atoms with Gasteiger partial charge in [0, 0.05) is 6.42 Å². The summed E-state index contributed by atoms with van der Waals surface area (Å²) in [6.45, 7) is 13.3. The third-order valence-corrected chi connectivity index (χ3v) is 6.02. The minimum atomic E-state index is -0.102. The van der Waals surface area contributed by atoms with Crippen LogP contribution in [-0.4, -0.2) is 20.4 Å².